The summed E-state index contributed by atoms with van der Waals surface area (Å²) in [6, 6.07) is 7.95. The number of hydrogen-bond acceptors (Lipinski definition) is 4. The second-order valence-corrected chi connectivity index (χ2v) is 7.32. The van der Waals surface area contributed by atoms with Crippen molar-refractivity contribution in [3.63, 3.8) is 0 Å². The predicted molar refractivity (Wildman–Crippen MR) is 101 cm³/mol. The van der Waals surface area contributed by atoms with Crippen LogP contribution in [0.1, 0.15) is 10.4 Å². The van der Waals surface area contributed by atoms with Crippen LogP contribution in [0, 0.1) is 6.92 Å². The molecule has 0 spiro atoms. The lowest BCUT2D eigenvalue weighted by molar-refractivity contribution is -0.111. The van der Waals surface area contributed by atoms with E-state index in [-0.39, 0.29) is 5.91 Å². The summed E-state index contributed by atoms with van der Waals surface area (Å²) in [4.78, 5) is 17.6. The molecular weight excluding hydrogens is 388 g/mol. The SMILES string of the molecule is Cc1sc(NC(=O)/C=C/c2cnn(C)c2)nc1-c1ccc(Br)cc1. The van der Waals surface area contributed by atoms with Crippen LogP contribution in [0.5, 0.6) is 0 Å². The summed E-state index contributed by atoms with van der Waals surface area (Å²) >= 11 is 4.89. The van der Waals surface area contributed by atoms with Gasteiger partial charge in [0.1, 0.15) is 0 Å². The third kappa shape index (κ3) is 3.98. The molecular formula is C17H15BrN4OS. The lowest BCUT2D eigenvalue weighted by atomic mass is 10.1. The third-order valence-electron chi connectivity index (χ3n) is 3.30. The number of anilines is 1. The number of thiazole rings is 1. The molecule has 0 radical (unpaired) electrons. The van der Waals surface area contributed by atoms with E-state index in [2.05, 4.69) is 31.3 Å². The predicted octanol–water partition coefficient (Wildman–Crippen LogP) is 4.27. The molecule has 1 amide bonds. The number of aryl methyl sites for hydroxylation is 2. The van der Waals surface area contributed by atoms with Crippen molar-refractivity contribution >= 4 is 44.4 Å². The van der Waals surface area contributed by atoms with Crippen molar-refractivity contribution in [3.05, 3.63) is 57.6 Å². The van der Waals surface area contributed by atoms with E-state index in [1.807, 2.05) is 44.4 Å². The second kappa shape index (κ2) is 7.11. The highest BCUT2D eigenvalue weighted by molar-refractivity contribution is 9.10. The largest absolute Gasteiger partial charge is 0.298 e. The molecule has 1 aromatic carbocycles. The number of amides is 1. The highest BCUT2D eigenvalue weighted by Gasteiger charge is 2.11. The lowest BCUT2D eigenvalue weighted by Crippen LogP contribution is -2.07. The fraction of sp³-hybridized carbons (Fsp3) is 0.118. The van der Waals surface area contributed by atoms with Crippen molar-refractivity contribution in [1.29, 1.82) is 0 Å². The fourth-order valence-corrected chi connectivity index (χ4v) is 3.27. The average molecular weight is 403 g/mol. The molecule has 0 fully saturated rings. The molecule has 5 nitrogen and oxygen atoms in total. The number of aromatic nitrogens is 3. The Labute approximate surface area is 152 Å². The molecule has 7 heteroatoms. The van der Waals surface area contributed by atoms with Gasteiger partial charge in [0.2, 0.25) is 5.91 Å². The smallest absolute Gasteiger partial charge is 0.250 e. The second-order valence-electron chi connectivity index (χ2n) is 5.20. The minimum Gasteiger partial charge on any atom is -0.298 e. The minimum absolute atomic E-state index is 0.213. The van der Waals surface area contributed by atoms with Crippen LogP contribution in [0.25, 0.3) is 17.3 Å². The normalized spacial score (nSPS) is 11.1. The molecule has 0 bridgehead atoms. The highest BCUT2D eigenvalue weighted by atomic mass is 79.9. The Bertz CT molecular complexity index is 896. The molecule has 24 heavy (non-hydrogen) atoms. The topological polar surface area (TPSA) is 59.8 Å². The van der Waals surface area contributed by atoms with Gasteiger partial charge in [0, 0.05) is 39.8 Å². The first-order valence-corrected chi connectivity index (χ1v) is 8.83. The van der Waals surface area contributed by atoms with Gasteiger partial charge in [-0.3, -0.25) is 14.8 Å². The minimum atomic E-state index is -0.213. The molecule has 0 aliphatic carbocycles. The van der Waals surface area contributed by atoms with Crippen LogP contribution in [0.4, 0.5) is 5.13 Å². The van der Waals surface area contributed by atoms with E-state index >= 15 is 0 Å². The third-order valence-corrected chi connectivity index (χ3v) is 4.71. The summed E-state index contributed by atoms with van der Waals surface area (Å²) in [5, 5.41) is 7.45. The zero-order valence-electron chi connectivity index (χ0n) is 13.2. The first kappa shape index (κ1) is 16.6. The molecule has 3 aromatic rings. The van der Waals surface area contributed by atoms with Crippen LogP contribution in [-0.4, -0.2) is 20.7 Å². The Balaban J connectivity index is 1.71. The zero-order valence-corrected chi connectivity index (χ0v) is 15.6. The van der Waals surface area contributed by atoms with Crippen molar-refractivity contribution in [1.82, 2.24) is 14.8 Å². The van der Waals surface area contributed by atoms with Gasteiger partial charge in [-0.15, -0.1) is 11.3 Å². The van der Waals surface area contributed by atoms with E-state index in [9.17, 15) is 4.79 Å². The Morgan fingerprint density at radius 1 is 1.33 bits per heavy atom. The molecule has 0 aliphatic heterocycles. The number of hydrogen-bond donors (Lipinski definition) is 1. The molecule has 0 aliphatic rings. The van der Waals surface area contributed by atoms with Crippen LogP contribution in [0.2, 0.25) is 0 Å². The summed E-state index contributed by atoms with van der Waals surface area (Å²) < 4.78 is 2.71. The Morgan fingerprint density at radius 3 is 2.75 bits per heavy atom. The van der Waals surface area contributed by atoms with Gasteiger partial charge in [-0.2, -0.15) is 5.10 Å². The van der Waals surface area contributed by atoms with Crippen molar-refractivity contribution in [2.24, 2.45) is 7.05 Å². The van der Waals surface area contributed by atoms with Crippen LogP contribution in [-0.2, 0) is 11.8 Å². The van der Waals surface area contributed by atoms with E-state index in [0.717, 1.165) is 26.2 Å². The van der Waals surface area contributed by atoms with Gasteiger partial charge in [-0.25, -0.2) is 4.98 Å². The van der Waals surface area contributed by atoms with Crippen LogP contribution in [0.15, 0.2) is 47.2 Å². The first-order valence-electron chi connectivity index (χ1n) is 7.22. The molecule has 0 saturated heterocycles. The van der Waals surface area contributed by atoms with E-state index in [1.54, 1.807) is 17.0 Å². The number of nitrogens with one attached hydrogen (secondary N) is 1. The molecule has 2 aromatic heterocycles. The van der Waals surface area contributed by atoms with Crippen LogP contribution >= 0.6 is 27.3 Å². The summed E-state index contributed by atoms with van der Waals surface area (Å²) in [5.74, 6) is -0.213. The maximum absolute atomic E-state index is 12.0. The van der Waals surface area contributed by atoms with Crippen LogP contribution < -0.4 is 5.32 Å². The maximum atomic E-state index is 12.0. The quantitative estimate of drug-likeness (QED) is 0.662. The first-order chi connectivity index (χ1) is 11.5. The monoisotopic (exact) mass is 402 g/mol. The van der Waals surface area contributed by atoms with Gasteiger partial charge in [0.05, 0.1) is 11.9 Å². The van der Waals surface area contributed by atoms with Crippen molar-refractivity contribution in [3.8, 4) is 11.3 Å². The summed E-state index contributed by atoms with van der Waals surface area (Å²) in [6.45, 7) is 2.00. The number of rotatable bonds is 4. The molecule has 0 saturated carbocycles. The zero-order chi connectivity index (χ0) is 17.1. The molecule has 3 rings (SSSR count). The summed E-state index contributed by atoms with van der Waals surface area (Å²) in [7, 11) is 1.83. The summed E-state index contributed by atoms with van der Waals surface area (Å²) in [5.41, 5.74) is 2.79. The van der Waals surface area contributed by atoms with Gasteiger partial charge in [-0.05, 0) is 25.1 Å². The van der Waals surface area contributed by atoms with Crippen molar-refractivity contribution in [2.45, 2.75) is 6.92 Å². The Morgan fingerprint density at radius 2 is 2.08 bits per heavy atom. The number of benzene rings is 1. The van der Waals surface area contributed by atoms with Crippen molar-refractivity contribution in [2.75, 3.05) is 5.32 Å². The number of nitrogens with zero attached hydrogens (tertiary/aromatic N) is 3. The molecule has 122 valence electrons. The van der Waals surface area contributed by atoms with Gasteiger partial charge in [0.25, 0.3) is 0 Å². The molecule has 0 unspecified atom stereocenters. The maximum Gasteiger partial charge on any atom is 0.250 e. The van der Waals surface area contributed by atoms with E-state index in [4.69, 9.17) is 0 Å². The Kier molecular flexibility index (Phi) is 4.92. The molecule has 0 atom stereocenters. The number of carbonyl (C=O) groups is 1. The number of carbonyl (C=O) groups excluding carboxylic acids is 1. The highest BCUT2D eigenvalue weighted by Crippen LogP contribution is 2.31. The summed E-state index contributed by atoms with van der Waals surface area (Å²) in [6.07, 6.45) is 6.73. The van der Waals surface area contributed by atoms with Gasteiger partial charge >= 0.3 is 0 Å². The standard InChI is InChI=1S/C17H15BrN4OS/c1-11-16(13-4-6-14(18)7-5-13)21-17(24-11)20-15(23)8-3-12-9-19-22(2)10-12/h3-10H,1-2H3,(H,20,21,23)/b8-3+. The lowest BCUT2D eigenvalue weighted by Gasteiger charge is -1.98. The van der Waals surface area contributed by atoms with E-state index in [0.29, 0.717) is 5.13 Å². The van der Waals surface area contributed by atoms with E-state index < -0.39 is 0 Å². The fourth-order valence-electron chi connectivity index (χ4n) is 2.17. The van der Waals surface area contributed by atoms with Gasteiger partial charge in [0.15, 0.2) is 5.13 Å². The molecule has 1 N–H and O–H groups in total. The number of halogens is 1. The van der Waals surface area contributed by atoms with Gasteiger partial charge in [-0.1, -0.05) is 28.1 Å². The van der Waals surface area contributed by atoms with E-state index in [1.165, 1.54) is 17.4 Å². The molecule has 2 heterocycles. The van der Waals surface area contributed by atoms with Crippen molar-refractivity contribution < 1.29 is 4.79 Å². The Hall–Kier alpha value is -2.25. The van der Waals surface area contributed by atoms with Crippen LogP contribution in [0.3, 0.4) is 0 Å². The average Bonchev–Trinajstić information content (AvgIpc) is 3.12. The van der Waals surface area contributed by atoms with Gasteiger partial charge < -0.3 is 0 Å².